The topological polar surface area (TPSA) is 175 Å². The third kappa shape index (κ3) is 42.7. The zero-order valence-corrected chi connectivity index (χ0v) is 48.7. The monoisotopic (exact) mass is 1080 g/mol. The molecular weight excluding hydrogens is 973 g/mol. The SMILES string of the molecule is CC/C=C\C/C=C\C/C=C\C/C=C\CCCCCCCCC(=O)OC1C(OCC(COC(=O)CCCCCCC/C=C\C/C=C\CCCCC)OC(=O)CCCCCCCCCCCCCCC)OC(C(=O)O)C(O)C1O. The minimum Gasteiger partial charge on any atom is -0.479 e. The van der Waals surface area contributed by atoms with Crippen LogP contribution in [0.3, 0.4) is 0 Å². The van der Waals surface area contributed by atoms with Gasteiger partial charge in [-0.3, -0.25) is 14.4 Å². The summed E-state index contributed by atoms with van der Waals surface area (Å²) in [5.41, 5.74) is 0. The highest BCUT2D eigenvalue weighted by Gasteiger charge is 2.50. The van der Waals surface area contributed by atoms with Gasteiger partial charge >= 0.3 is 23.9 Å². The van der Waals surface area contributed by atoms with Crippen molar-refractivity contribution in [3.05, 3.63) is 72.9 Å². The number of aliphatic hydroxyl groups is 2. The Morgan fingerprint density at radius 3 is 1.27 bits per heavy atom. The van der Waals surface area contributed by atoms with Crippen molar-refractivity contribution in [2.24, 2.45) is 0 Å². The molecule has 0 amide bonds. The number of carboxylic acid groups (broad SMARTS) is 1. The molecule has 1 saturated heterocycles. The van der Waals surface area contributed by atoms with Gasteiger partial charge in [0, 0.05) is 19.3 Å². The standard InChI is InChI=1S/C65H110O12/c1-4-7-10-13-16-19-22-25-27-28-29-30-32-35-38-41-44-47-50-53-59(68)76-63-61(70)60(69)62(64(71)72)77-65(63)74-55-56(75-58(67)52-49-46-43-40-37-33-24-21-18-15-12-9-6-3)54-73-57(66)51-48-45-42-39-36-34-31-26-23-20-17-14-11-8-5-2/h7,10,16-17,19-20,25-27,29-31,56,60-63,65,69-70H,4-6,8-9,11-15,18,21-24,28,32-55H2,1-3H3,(H,71,72)/b10-7-,19-16-,20-17-,27-25-,30-29-,31-26-. The molecule has 442 valence electrons. The molecule has 12 heteroatoms. The number of esters is 3. The summed E-state index contributed by atoms with van der Waals surface area (Å²) in [6, 6.07) is 0. The fourth-order valence-corrected chi connectivity index (χ4v) is 9.04. The van der Waals surface area contributed by atoms with E-state index in [4.69, 9.17) is 23.7 Å². The molecule has 0 radical (unpaired) electrons. The van der Waals surface area contributed by atoms with Gasteiger partial charge in [-0.25, -0.2) is 4.79 Å². The van der Waals surface area contributed by atoms with Gasteiger partial charge in [-0.2, -0.15) is 0 Å². The first-order valence-corrected chi connectivity index (χ1v) is 30.9. The molecule has 77 heavy (non-hydrogen) atoms. The molecule has 0 aromatic heterocycles. The number of carbonyl (C=O) groups excluding carboxylic acids is 3. The quantitative estimate of drug-likeness (QED) is 0.0228. The fourth-order valence-electron chi connectivity index (χ4n) is 9.04. The minimum atomic E-state index is -1.91. The lowest BCUT2D eigenvalue weighted by atomic mass is 9.98. The van der Waals surface area contributed by atoms with Gasteiger partial charge in [0.05, 0.1) is 6.61 Å². The Hall–Kier alpha value is -3.84. The molecule has 6 unspecified atom stereocenters. The van der Waals surface area contributed by atoms with Crippen molar-refractivity contribution in [2.45, 2.75) is 302 Å². The fraction of sp³-hybridized carbons (Fsp3) is 0.754. The first-order valence-electron chi connectivity index (χ1n) is 30.9. The van der Waals surface area contributed by atoms with E-state index in [0.717, 1.165) is 128 Å². The van der Waals surface area contributed by atoms with Gasteiger partial charge in [0.1, 0.15) is 18.8 Å². The van der Waals surface area contributed by atoms with E-state index in [2.05, 4.69) is 93.7 Å². The van der Waals surface area contributed by atoms with Crippen LogP contribution in [-0.4, -0.2) is 89.2 Å². The van der Waals surface area contributed by atoms with Crippen LogP contribution in [0.2, 0.25) is 0 Å². The number of carboxylic acids is 1. The van der Waals surface area contributed by atoms with Crippen LogP contribution in [0.15, 0.2) is 72.9 Å². The van der Waals surface area contributed by atoms with Crippen molar-refractivity contribution in [3.63, 3.8) is 0 Å². The van der Waals surface area contributed by atoms with Gasteiger partial charge < -0.3 is 39.0 Å². The van der Waals surface area contributed by atoms with E-state index >= 15 is 0 Å². The van der Waals surface area contributed by atoms with E-state index in [-0.39, 0.29) is 25.9 Å². The van der Waals surface area contributed by atoms with Crippen LogP contribution in [0.4, 0.5) is 0 Å². The second-order valence-corrected chi connectivity index (χ2v) is 21.0. The van der Waals surface area contributed by atoms with Crippen LogP contribution in [0.1, 0.15) is 265 Å². The summed E-state index contributed by atoms with van der Waals surface area (Å²) in [5.74, 6) is -3.14. The van der Waals surface area contributed by atoms with E-state index in [1.165, 1.54) is 77.0 Å². The van der Waals surface area contributed by atoms with Crippen molar-refractivity contribution in [1.82, 2.24) is 0 Å². The second-order valence-electron chi connectivity index (χ2n) is 21.0. The van der Waals surface area contributed by atoms with Gasteiger partial charge in [0.2, 0.25) is 0 Å². The number of rotatable bonds is 52. The van der Waals surface area contributed by atoms with Crippen LogP contribution in [0.25, 0.3) is 0 Å². The predicted molar refractivity (Wildman–Crippen MR) is 312 cm³/mol. The Morgan fingerprint density at radius 2 is 0.818 bits per heavy atom. The Bertz CT molecular complexity index is 1620. The summed E-state index contributed by atoms with van der Waals surface area (Å²) in [7, 11) is 0. The van der Waals surface area contributed by atoms with Gasteiger partial charge in [-0.1, -0.05) is 229 Å². The highest BCUT2D eigenvalue weighted by Crippen LogP contribution is 2.26. The Kier molecular flexibility index (Phi) is 48.8. The van der Waals surface area contributed by atoms with Crippen molar-refractivity contribution >= 4 is 23.9 Å². The molecule has 1 aliphatic rings. The smallest absolute Gasteiger partial charge is 0.335 e. The lowest BCUT2D eigenvalue weighted by Crippen LogP contribution is -2.61. The van der Waals surface area contributed by atoms with E-state index in [0.29, 0.717) is 19.3 Å². The van der Waals surface area contributed by atoms with Gasteiger partial charge in [-0.05, 0) is 89.9 Å². The normalized spacial score (nSPS) is 18.5. The average molecular weight is 1080 g/mol. The largest absolute Gasteiger partial charge is 0.479 e. The van der Waals surface area contributed by atoms with Crippen molar-refractivity contribution in [2.75, 3.05) is 13.2 Å². The molecule has 12 nitrogen and oxygen atoms in total. The third-order valence-corrected chi connectivity index (χ3v) is 13.8. The number of aliphatic hydroxyl groups excluding tert-OH is 2. The van der Waals surface area contributed by atoms with Gasteiger partial charge in [0.25, 0.3) is 0 Å². The van der Waals surface area contributed by atoms with Crippen LogP contribution in [0, 0.1) is 0 Å². The van der Waals surface area contributed by atoms with Crippen molar-refractivity contribution in [3.8, 4) is 0 Å². The van der Waals surface area contributed by atoms with Gasteiger partial charge in [0.15, 0.2) is 24.6 Å². The molecular formula is C65H110O12. The molecule has 0 aromatic rings. The molecule has 0 aromatic carbocycles. The molecule has 0 bridgehead atoms. The maximum atomic E-state index is 13.1. The second kappa shape index (κ2) is 52.8. The zero-order valence-electron chi connectivity index (χ0n) is 48.7. The van der Waals surface area contributed by atoms with Crippen LogP contribution >= 0.6 is 0 Å². The van der Waals surface area contributed by atoms with E-state index in [1.807, 2.05) is 0 Å². The number of carbonyl (C=O) groups is 4. The molecule has 1 aliphatic heterocycles. The van der Waals surface area contributed by atoms with Gasteiger partial charge in [-0.15, -0.1) is 0 Å². The molecule has 1 rings (SSSR count). The molecule has 6 atom stereocenters. The first kappa shape index (κ1) is 71.2. The number of unbranched alkanes of at least 4 members (excludes halogenated alkanes) is 26. The van der Waals surface area contributed by atoms with E-state index in [9.17, 15) is 34.5 Å². The maximum Gasteiger partial charge on any atom is 0.335 e. The first-order chi connectivity index (χ1) is 37.6. The van der Waals surface area contributed by atoms with Crippen LogP contribution < -0.4 is 0 Å². The third-order valence-electron chi connectivity index (χ3n) is 13.8. The highest BCUT2D eigenvalue weighted by atomic mass is 16.7. The minimum absolute atomic E-state index is 0.0421. The highest BCUT2D eigenvalue weighted by molar-refractivity contribution is 5.74. The molecule has 1 heterocycles. The number of ether oxygens (including phenoxy) is 5. The summed E-state index contributed by atoms with van der Waals surface area (Å²) in [6.07, 6.45) is 54.3. The average Bonchev–Trinajstić information content (AvgIpc) is 3.42. The Morgan fingerprint density at radius 1 is 0.442 bits per heavy atom. The summed E-state index contributed by atoms with van der Waals surface area (Å²) >= 11 is 0. The van der Waals surface area contributed by atoms with E-state index < -0.39 is 67.3 Å². The zero-order chi connectivity index (χ0) is 56.1. The molecule has 0 saturated carbocycles. The lowest BCUT2D eigenvalue weighted by molar-refractivity contribution is -0.301. The molecule has 1 fully saturated rings. The summed E-state index contributed by atoms with van der Waals surface area (Å²) in [4.78, 5) is 51.2. The van der Waals surface area contributed by atoms with Crippen LogP contribution in [0.5, 0.6) is 0 Å². The number of allylic oxidation sites excluding steroid dienone is 12. The molecule has 0 spiro atoms. The van der Waals surface area contributed by atoms with Crippen molar-refractivity contribution in [1.29, 1.82) is 0 Å². The molecule has 0 aliphatic carbocycles. The summed E-state index contributed by atoms with van der Waals surface area (Å²) in [5, 5.41) is 31.5. The Labute approximate surface area is 468 Å². The van der Waals surface area contributed by atoms with Crippen molar-refractivity contribution < 1.29 is 58.2 Å². The molecule has 3 N–H and O–H groups in total. The number of hydrogen-bond donors (Lipinski definition) is 3. The predicted octanol–water partition coefficient (Wildman–Crippen LogP) is 16.1. The lowest BCUT2D eigenvalue weighted by Gasteiger charge is -2.40. The number of hydrogen-bond acceptors (Lipinski definition) is 11. The Balaban J connectivity index is 2.68. The maximum absolute atomic E-state index is 13.1. The summed E-state index contributed by atoms with van der Waals surface area (Å²) < 4.78 is 28.5. The van der Waals surface area contributed by atoms with Crippen LogP contribution in [-0.2, 0) is 42.9 Å². The summed E-state index contributed by atoms with van der Waals surface area (Å²) in [6.45, 7) is 5.85. The number of aliphatic carboxylic acids is 1. The van der Waals surface area contributed by atoms with E-state index in [1.54, 1.807) is 0 Å².